The average molecular weight is 533 g/mol. The third-order valence-corrected chi connectivity index (χ3v) is 5.60. The number of H-pyrrole nitrogens is 1. The largest absolute Gasteiger partial charge is 0.481 e. The van der Waals surface area contributed by atoms with Gasteiger partial charge in [0.05, 0.1) is 12.1 Å². The normalized spacial score (nSPS) is 12.0. The number of hydrogen-bond donors (Lipinski definition) is 3. The van der Waals surface area contributed by atoms with Gasteiger partial charge in [0.1, 0.15) is 11.4 Å². The highest BCUT2D eigenvalue weighted by Crippen LogP contribution is 2.32. The van der Waals surface area contributed by atoms with Gasteiger partial charge in [0.2, 0.25) is 0 Å². The van der Waals surface area contributed by atoms with Gasteiger partial charge in [-0.15, -0.1) is 0 Å². The highest BCUT2D eigenvalue weighted by atomic mass is 19.1. The van der Waals surface area contributed by atoms with Crippen LogP contribution in [0.15, 0.2) is 73.1 Å². The minimum Gasteiger partial charge on any atom is -0.481 e. The average Bonchev–Trinajstić information content (AvgIpc) is 3.40. The van der Waals surface area contributed by atoms with Crippen LogP contribution in [0.3, 0.4) is 0 Å². The molecule has 0 aliphatic heterocycles. The Labute approximate surface area is 225 Å². The van der Waals surface area contributed by atoms with Gasteiger partial charge in [-0.1, -0.05) is 36.4 Å². The molecular weight excluding hydrogens is 503 g/mol. The number of carbonyl (C=O) groups excluding carboxylic acids is 1. The second-order valence-electron chi connectivity index (χ2n) is 9.92. The summed E-state index contributed by atoms with van der Waals surface area (Å²) in [4.78, 5) is 28.2. The van der Waals surface area contributed by atoms with Gasteiger partial charge in [-0.2, -0.15) is 5.10 Å². The van der Waals surface area contributed by atoms with Crippen LogP contribution in [0.2, 0.25) is 0 Å². The van der Waals surface area contributed by atoms with Crippen molar-refractivity contribution in [2.24, 2.45) is 0 Å². The molecule has 0 radical (unpaired) electrons. The Kier molecular flexibility index (Phi) is 8.24. The lowest BCUT2D eigenvalue weighted by atomic mass is 9.97. The van der Waals surface area contributed by atoms with E-state index in [4.69, 9.17) is 9.47 Å². The molecule has 0 aliphatic rings. The number of carboxylic acids is 1. The molecule has 202 valence electrons. The molecule has 0 bridgehead atoms. The SMILES string of the molecule is CC(C)(C)OC(=O)N[C@H](CC(=O)O)Cc1cc(-c2ccccc2)ccc1Oc1ncc(-c2ccn[nH]2)cc1F. The number of aromatic nitrogens is 3. The van der Waals surface area contributed by atoms with Crippen molar-refractivity contribution in [1.29, 1.82) is 0 Å². The maximum atomic E-state index is 15.0. The number of hydrogen-bond acceptors (Lipinski definition) is 6. The summed E-state index contributed by atoms with van der Waals surface area (Å²) in [6, 6.07) is 17.0. The monoisotopic (exact) mass is 532 g/mol. The van der Waals surface area contributed by atoms with Crippen molar-refractivity contribution in [2.45, 2.75) is 45.3 Å². The van der Waals surface area contributed by atoms with Crippen molar-refractivity contribution >= 4 is 12.1 Å². The molecule has 2 aromatic heterocycles. The van der Waals surface area contributed by atoms with Crippen molar-refractivity contribution < 1.29 is 28.6 Å². The summed E-state index contributed by atoms with van der Waals surface area (Å²) in [6.07, 6.45) is 1.99. The van der Waals surface area contributed by atoms with Gasteiger partial charge in [-0.25, -0.2) is 14.2 Å². The second-order valence-corrected chi connectivity index (χ2v) is 9.92. The van der Waals surface area contributed by atoms with Crippen LogP contribution in [0.1, 0.15) is 32.8 Å². The fraction of sp³-hybridized carbons (Fsp3) is 0.241. The van der Waals surface area contributed by atoms with Gasteiger partial charge in [0.15, 0.2) is 5.82 Å². The predicted octanol–water partition coefficient (Wildman–Crippen LogP) is 5.98. The zero-order chi connectivity index (χ0) is 28.0. The number of aliphatic carboxylic acids is 1. The van der Waals surface area contributed by atoms with Crippen LogP contribution in [0.25, 0.3) is 22.4 Å². The van der Waals surface area contributed by atoms with E-state index < -0.39 is 29.5 Å². The Morgan fingerprint density at radius 1 is 1.05 bits per heavy atom. The van der Waals surface area contributed by atoms with Crippen LogP contribution in [0, 0.1) is 5.82 Å². The first-order valence-electron chi connectivity index (χ1n) is 12.3. The number of halogens is 1. The molecule has 2 aromatic carbocycles. The molecule has 9 nitrogen and oxygen atoms in total. The molecule has 3 N–H and O–H groups in total. The lowest BCUT2D eigenvalue weighted by Crippen LogP contribution is -2.41. The van der Waals surface area contributed by atoms with Crippen LogP contribution >= 0.6 is 0 Å². The minimum absolute atomic E-state index is 0.0788. The van der Waals surface area contributed by atoms with Crippen LogP contribution in [0.5, 0.6) is 11.6 Å². The van der Waals surface area contributed by atoms with Crippen LogP contribution in [0.4, 0.5) is 9.18 Å². The first kappa shape index (κ1) is 27.3. The minimum atomic E-state index is -1.10. The van der Waals surface area contributed by atoms with Gasteiger partial charge >= 0.3 is 12.1 Å². The summed E-state index contributed by atoms with van der Waals surface area (Å²) < 4.78 is 26.2. The Morgan fingerprint density at radius 2 is 1.82 bits per heavy atom. The molecule has 0 saturated carbocycles. The third-order valence-electron chi connectivity index (χ3n) is 5.60. The van der Waals surface area contributed by atoms with Crippen molar-refractivity contribution in [2.75, 3.05) is 0 Å². The first-order valence-corrected chi connectivity index (χ1v) is 12.3. The smallest absolute Gasteiger partial charge is 0.407 e. The van der Waals surface area contributed by atoms with Crippen LogP contribution < -0.4 is 10.1 Å². The van der Waals surface area contributed by atoms with E-state index in [-0.39, 0.29) is 24.5 Å². The highest BCUT2D eigenvalue weighted by Gasteiger charge is 2.23. The zero-order valence-corrected chi connectivity index (χ0v) is 21.8. The molecule has 1 atom stereocenters. The Balaban J connectivity index is 1.66. The standard InChI is InChI=1S/C29H29FN4O5/c1-29(2,3)39-28(37)33-22(16-26(35)36)14-20-13-19(18-7-5-4-6-8-18)9-10-25(20)38-27-23(30)15-21(17-31-27)24-11-12-32-34-24/h4-13,15,17,22H,14,16H2,1-3H3,(H,32,34)(H,33,37)(H,35,36)/t22-/m0/s1. The number of ether oxygens (including phenoxy) is 2. The Hall–Kier alpha value is -4.73. The van der Waals surface area contributed by atoms with Gasteiger partial charge in [0, 0.05) is 24.0 Å². The number of carboxylic acid groups (broad SMARTS) is 1. The van der Waals surface area contributed by atoms with Crippen molar-refractivity contribution in [3.8, 4) is 34.0 Å². The molecule has 39 heavy (non-hydrogen) atoms. The van der Waals surface area contributed by atoms with Gasteiger partial charge in [-0.3, -0.25) is 9.89 Å². The lowest BCUT2D eigenvalue weighted by Gasteiger charge is -2.24. The van der Waals surface area contributed by atoms with Crippen LogP contribution in [-0.2, 0) is 16.0 Å². The molecule has 10 heteroatoms. The molecule has 0 unspecified atom stereocenters. The maximum absolute atomic E-state index is 15.0. The number of rotatable bonds is 9. The first-order chi connectivity index (χ1) is 18.6. The Bertz CT molecular complexity index is 1440. The van der Waals surface area contributed by atoms with E-state index in [1.807, 2.05) is 42.5 Å². The quantitative estimate of drug-likeness (QED) is 0.242. The van der Waals surface area contributed by atoms with E-state index in [1.54, 1.807) is 39.1 Å². The zero-order valence-electron chi connectivity index (χ0n) is 21.8. The molecule has 0 saturated heterocycles. The number of pyridine rings is 1. The summed E-state index contributed by atoms with van der Waals surface area (Å²) in [5.41, 5.74) is 2.66. The summed E-state index contributed by atoms with van der Waals surface area (Å²) >= 11 is 0. The highest BCUT2D eigenvalue weighted by molar-refractivity contribution is 5.72. The summed E-state index contributed by atoms with van der Waals surface area (Å²) in [5, 5.41) is 18.8. The van der Waals surface area contributed by atoms with Gasteiger partial charge < -0.3 is 19.9 Å². The maximum Gasteiger partial charge on any atom is 0.407 e. The summed E-state index contributed by atoms with van der Waals surface area (Å²) in [5.74, 6) is -1.76. The summed E-state index contributed by atoms with van der Waals surface area (Å²) in [6.45, 7) is 5.15. The van der Waals surface area contributed by atoms with Gasteiger partial charge in [0.25, 0.3) is 5.88 Å². The molecule has 0 aliphatic carbocycles. The van der Waals surface area contributed by atoms with E-state index in [9.17, 15) is 19.1 Å². The predicted molar refractivity (Wildman–Crippen MR) is 143 cm³/mol. The number of nitrogens with one attached hydrogen (secondary N) is 2. The number of nitrogens with zero attached hydrogens (tertiary/aromatic N) is 2. The molecule has 2 heterocycles. The van der Waals surface area contributed by atoms with E-state index >= 15 is 0 Å². The van der Waals surface area contributed by atoms with E-state index in [0.717, 1.165) is 11.1 Å². The molecule has 1 amide bonds. The summed E-state index contributed by atoms with van der Waals surface area (Å²) in [7, 11) is 0. The van der Waals surface area contributed by atoms with E-state index in [0.29, 0.717) is 16.8 Å². The van der Waals surface area contributed by atoms with Crippen molar-refractivity contribution in [1.82, 2.24) is 20.5 Å². The van der Waals surface area contributed by atoms with E-state index in [1.165, 1.54) is 12.3 Å². The number of aromatic amines is 1. The lowest BCUT2D eigenvalue weighted by molar-refractivity contribution is -0.137. The Morgan fingerprint density at radius 3 is 2.46 bits per heavy atom. The van der Waals surface area contributed by atoms with Gasteiger partial charge in [-0.05, 0) is 68.1 Å². The fourth-order valence-corrected chi connectivity index (χ4v) is 3.94. The molecule has 4 aromatic rings. The number of carbonyl (C=O) groups is 2. The topological polar surface area (TPSA) is 126 Å². The molecule has 0 spiro atoms. The third kappa shape index (κ3) is 7.64. The fourth-order valence-electron chi connectivity index (χ4n) is 3.94. The van der Waals surface area contributed by atoms with Crippen molar-refractivity contribution in [3.05, 3.63) is 84.4 Å². The number of benzene rings is 2. The molecule has 4 rings (SSSR count). The number of alkyl carbamates (subject to hydrolysis) is 1. The number of amides is 1. The van der Waals surface area contributed by atoms with E-state index in [2.05, 4.69) is 20.5 Å². The molecule has 0 fully saturated rings. The van der Waals surface area contributed by atoms with Crippen LogP contribution in [-0.4, -0.2) is 44.0 Å². The molecular formula is C29H29FN4O5. The van der Waals surface area contributed by atoms with Crippen molar-refractivity contribution in [3.63, 3.8) is 0 Å². The second kappa shape index (κ2) is 11.8.